The number of hydrogen-bond acceptors (Lipinski definition) is 2. The quantitative estimate of drug-likeness (QED) is 0.572. The molecule has 3 nitrogen and oxygen atoms in total. The molecule has 0 aliphatic heterocycles. The standard InChI is InChI=1S/C10H12ClNO2/c1-7(8(2)12(13)14)9-5-3-4-6-10(9)11/h3-8H,1-2H3/t7-,8-/m0/s1. The van der Waals surface area contributed by atoms with Crippen molar-refractivity contribution in [2.45, 2.75) is 25.8 Å². The largest absolute Gasteiger partial charge is 0.264 e. The second-order valence-corrected chi connectivity index (χ2v) is 3.74. The third-order valence-electron chi connectivity index (χ3n) is 2.45. The lowest BCUT2D eigenvalue weighted by atomic mass is 9.95. The van der Waals surface area contributed by atoms with E-state index < -0.39 is 6.04 Å². The molecule has 0 unspecified atom stereocenters. The summed E-state index contributed by atoms with van der Waals surface area (Å²) in [5, 5.41) is 11.2. The van der Waals surface area contributed by atoms with Gasteiger partial charge in [0.1, 0.15) is 0 Å². The molecular formula is C10H12ClNO2. The van der Waals surface area contributed by atoms with Crippen LogP contribution in [0.5, 0.6) is 0 Å². The summed E-state index contributed by atoms with van der Waals surface area (Å²) in [5.41, 5.74) is 0.832. The lowest BCUT2D eigenvalue weighted by Gasteiger charge is -2.14. The van der Waals surface area contributed by atoms with Crippen LogP contribution >= 0.6 is 11.6 Å². The molecule has 14 heavy (non-hydrogen) atoms. The summed E-state index contributed by atoms with van der Waals surface area (Å²) < 4.78 is 0. The fraction of sp³-hybridized carbons (Fsp3) is 0.400. The van der Waals surface area contributed by atoms with Gasteiger partial charge in [0.15, 0.2) is 0 Å². The van der Waals surface area contributed by atoms with Crippen LogP contribution in [0.1, 0.15) is 25.3 Å². The van der Waals surface area contributed by atoms with Gasteiger partial charge in [-0.3, -0.25) is 10.1 Å². The number of halogens is 1. The van der Waals surface area contributed by atoms with Crippen LogP contribution in [0.3, 0.4) is 0 Å². The van der Waals surface area contributed by atoms with E-state index >= 15 is 0 Å². The Morgan fingerprint density at radius 1 is 1.36 bits per heavy atom. The van der Waals surface area contributed by atoms with E-state index in [0.29, 0.717) is 5.02 Å². The topological polar surface area (TPSA) is 43.1 Å². The average Bonchev–Trinajstić information content (AvgIpc) is 2.16. The van der Waals surface area contributed by atoms with E-state index in [9.17, 15) is 10.1 Å². The fourth-order valence-electron chi connectivity index (χ4n) is 1.29. The summed E-state index contributed by atoms with van der Waals surface area (Å²) in [5.74, 6) is -0.168. The maximum Gasteiger partial charge on any atom is 0.216 e. The van der Waals surface area contributed by atoms with Crippen molar-refractivity contribution in [2.75, 3.05) is 0 Å². The Morgan fingerprint density at radius 3 is 2.43 bits per heavy atom. The van der Waals surface area contributed by atoms with Crippen LogP contribution in [-0.4, -0.2) is 11.0 Å². The molecule has 1 rings (SSSR count). The van der Waals surface area contributed by atoms with Gasteiger partial charge in [0.05, 0.1) is 0 Å². The summed E-state index contributed by atoms with van der Waals surface area (Å²) in [6, 6.07) is 6.61. The number of hydrogen-bond donors (Lipinski definition) is 0. The minimum atomic E-state index is -0.616. The van der Waals surface area contributed by atoms with E-state index in [2.05, 4.69) is 0 Å². The zero-order valence-electron chi connectivity index (χ0n) is 8.11. The zero-order chi connectivity index (χ0) is 10.7. The molecule has 0 aliphatic rings. The van der Waals surface area contributed by atoms with Crippen LogP contribution < -0.4 is 0 Å². The number of rotatable bonds is 3. The summed E-state index contributed by atoms with van der Waals surface area (Å²) in [6.45, 7) is 3.41. The van der Waals surface area contributed by atoms with Crippen LogP contribution in [-0.2, 0) is 0 Å². The van der Waals surface area contributed by atoms with Crippen molar-refractivity contribution in [1.82, 2.24) is 0 Å². The Labute approximate surface area is 87.8 Å². The van der Waals surface area contributed by atoms with Crippen molar-refractivity contribution in [3.63, 3.8) is 0 Å². The molecule has 4 heteroatoms. The van der Waals surface area contributed by atoms with Crippen LogP contribution in [0.15, 0.2) is 24.3 Å². The summed E-state index contributed by atoms with van der Waals surface area (Å²) >= 11 is 5.95. The second-order valence-electron chi connectivity index (χ2n) is 3.34. The number of nitro groups is 1. The Morgan fingerprint density at radius 2 is 1.93 bits per heavy atom. The molecule has 0 bridgehead atoms. The van der Waals surface area contributed by atoms with Crippen LogP contribution in [0.4, 0.5) is 0 Å². The molecule has 0 aliphatic carbocycles. The van der Waals surface area contributed by atoms with E-state index in [-0.39, 0.29) is 10.8 Å². The molecule has 0 amide bonds. The normalized spacial score (nSPS) is 14.8. The van der Waals surface area contributed by atoms with Crippen molar-refractivity contribution in [2.24, 2.45) is 0 Å². The van der Waals surface area contributed by atoms with Crippen molar-refractivity contribution in [3.8, 4) is 0 Å². The van der Waals surface area contributed by atoms with Gasteiger partial charge in [0, 0.05) is 22.8 Å². The highest BCUT2D eigenvalue weighted by Crippen LogP contribution is 2.27. The zero-order valence-corrected chi connectivity index (χ0v) is 8.86. The van der Waals surface area contributed by atoms with Gasteiger partial charge in [-0.25, -0.2) is 0 Å². The van der Waals surface area contributed by atoms with Crippen LogP contribution in [0.2, 0.25) is 5.02 Å². The van der Waals surface area contributed by atoms with E-state index in [1.165, 1.54) is 0 Å². The molecule has 2 atom stereocenters. The van der Waals surface area contributed by atoms with E-state index in [1.54, 1.807) is 13.0 Å². The first-order valence-corrected chi connectivity index (χ1v) is 4.79. The maximum atomic E-state index is 10.6. The van der Waals surface area contributed by atoms with Crippen molar-refractivity contribution < 1.29 is 4.92 Å². The minimum Gasteiger partial charge on any atom is -0.264 e. The van der Waals surface area contributed by atoms with Gasteiger partial charge in [-0.15, -0.1) is 0 Å². The fourth-order valence-corrected chi connectivity index (χ4v) is 1.59. The predicted octanol–water partition coefficient (Wildman–Crippen LogP) is 3.11. The Hall–Kier alpha value is -1.09. The van der Waals surface area contributed by atoms with Crippen LogP contribution in [0, 0.1) is 10.1 Å². The van der Waals surface area contributed by atoms with E-state index in [0.717, 1.165) is 5.56 Å². The molecule has 0 fully saturated rings. The molecule has 0 saturated heterocycles. The third kappa shape index (κ3) is 2.23. The minimum absolute atomic E-state index is 0.168. The number of nitrogens with zero attached hydrogens (tertiary/aromatic N) is 1. The SMILES string of the molecule is C[C@H](c1ccccc1Cl)[C@H](C)[N+](=O)[O-]. The Kier molecular flexibility index (Phi) is 3.47. The van der Waals surface area contributed by atoms with Gasteiger partial charge < -0.3 is 0 Å². The van der Waals surface area contributed by atoms with Gasteiger partial charge in [-0.1, -0.05) is 36.7 Å². The van der Waals surface area contributed by atoms with Crippen molar-refractivity contribution >= 4 is 11.6 Å². The van der Waals surface area contributed by atoms with E-state index in [1.807, 2.05) is 25.1 Å². The molecule has 0 saturated carbocycles. The third-order valence-corrected chi connectivity index (χ3v) is 2.80. The highest BCUT2D eigenvalue weighted by molar-refractivity contribution is 6.31. The lowest BCUT2D eigenvalue weighted by molar-refractivity contribution is -0.521. The van der Waals surface area contributed by atoms with Gasteiger partial charge >= 0.3 is 0 Å². The molecule has 1 aromatic carbocycles. The molecule has 76 valence electrons. The molecule has 1 aromatic rings. The lowest BCUT2D eigenvalue weighted by Crippen LogP contribution is -2.22. The van der Waals surface area contributed by atoms with Crippen molar-refractivity contribution in [1.29, 1.82) is 0 Å². The first-order chi connectivity index (χ1) is 6.54. The van der Waals surface area contributed by atoms with Gasteiger partial charge in [0.2, 0.25) is 6.04 Å². The van der Waals surface area contributed by atoms with Gasteiger partial charge in [-0.2, -0.15) is 0 Å². The molecule has 0 N–H and O–H groups in total. The van der Waals surface area contributed by atoms with Crippen LogP contribution in [0.25, 0.3) is 0 Å². The number of benzene rings is 1. The Balaban J connectivity index is 2.94. The first-order valence-electron chi connectivity index (χ1n) is 4.42. The summed E-state index contributed by atoms with van der Waals surface area (Å²) in [6.07, 6.45) is 0. The Bertz CT molecular complexity index is 341. The monoisotopic (exact) mass is 213 g/mol. The molecule has 0 spiro atoms. The second kappa shape index (κ2) is 4.42. The predicted molar refractivity (Wildman–Crippen MR) is 56.3 cm³/mol. The average molecular weight is 214 g/mol. The van der Waals surface area contributed by atoms with Gasteiger partial charge in [0.25, 0.3) is 0 Å². The summed E-state index contributed by atoms with van der Waals surface area (Å²) in [4.78, 5) is 10.3. The highest BCUT2D eigenvalue weighted by atomic mass is 35.5. The smallest absolute Gasteiger partial charge is 0.216 e. The van der Waals surface area contributed by atoms with Crippen molar-refractivity contribution in [3.05, 3.63) is 45.0 Å². The molecule has 0 aromatic heterocycles. The van der Waals surface area contributed by atoms with Gasteiger partial charge in [-0.05, 0) is 11.6 Å². The first kappa shape index (κ1) is 11.0. The highest BCUT2D eigenvalue weighted by Gasteiger charge is 2.24. The molecule has 0 heterocycles. The molecular weight excluding hydrogens is 202 g/mol. The molecule has 0 radical (unpaired) electrons. The maximum absolute atomic E-state index is 10.6. The summed E-state index contributed by atoms with van der Waals surface area (Å²) in [7, 11) is 0. The van der Waals surface area contributed by atoms with E-state index in [4.69, 9.17) is 11.6 Å².